The van der Waals surface area contributed by atoms with Crippen molar-refractivity contribution in [3.05, 3.63) is 95.1 Å². The van der Waals surface area contributed by atoms with Crippen LogP contribution in [0.3, 0.4) is 0 Å². The predicted molar refractivity (Wildman–Crippen MR) is 153 cm³/mol. The van der Waals surface area contributed by atoms with Crippen molar-refractivity contribution in [2.24, 2.45) is 11.8 Å². The Bertz CT molecular complexity index is 1330. The molecule has 0 spiro atoms. The van der Waals surface area contributed by atoms with Crippen molar-refractivity contribution in [1.82, 2.24) is 10.2 Å². The van der Waals surface area contributed by atoms with Gasteiger partial charge in [-0.3, -0.25) is 14.5 Å². The summed E-state index contributed by atoms with van der Waals surface area (Å²) < 4.78 is 0. The highest BCUT2D eigenvalue weighted by Crippen LogP contribution is 2.51. The van der Waals surface area contributed by atoms with Crippen LogP contribution < -0.4 is 5.32 Å². The molecule has 1 aliphatic heterocycles. The molecule has 1 N–H and O–H groups in total. The zero-order valence-electron chi connectivity index (χ0n) is 22.6. The number of carbonyl (C=O) groups is 2. The Morgan fingerprint density at radius 2 is 1.74 bits per heavy atom. The summed E-state index contributed by atoms with van der Waals surface area (Å²) in [6, 6.07) is 24.7. The van der Waals surface area contributed by atoms with Gasteiger partial charge in [-0.05, 0) is 84.9 Å². The quantitative estimate of drug-likeness (QED) is 0.391. The zero-order valence-corrected chi connectivity index (χ0v) is 22.6. The normalized spacial score (nSPS) is 24.6. The van der Waals surface area contributed by atoms with Gasteiger partial charge < -0.3 is 5.32 Å². The van der Waals surface area contributed by atoms with Gasteiger partial charge in [-0.15, -0.1) is 0 Å². The van der Waals surface area contributed by atoms with E-state index in [9.17, 15) is 9.59 Å². The fourth-order valence-electron chi connectivity index (χ4n) is 7.02. The van der Waals surface area contributed by atoms with Gasteiger partial charge in [0.05, 0.1) is 6.04 Å². The molecule has 2 bridgehead atoms. The van der Waals surface area contributed by atoms with Crippen molar-refractivity contribution in [3.63, 3.8) is 0 Å². The van der Waals surface area contributed by atoms with Crippen LogP contribution in [-0.2, 0) is 11.8 Å². The fraction of sp³-hybridized carbons (Fsp3) is 0.412. The zero-order chi connectivity index (χ0) is 26.3. The first-order valence-electron chi connectivity index (χ1n) is 14.4. The maximum Gasteiger partial charge on any atom is 0.251 e. The lowest BCUT2D eigenvalue weighted by Gasteiger charge is -2.55. The van der Waals surface area contributed by atoms with E-state index in [2.05, 4.69) is 72.6 Å². The highest BCUT2D eigenvalue weighted by molar-refractivity contribution is 6.05. The van der Waals surface area contributed by atoms with Gasteiger partial charge in [-0.2, -0.15) is 0 Å². The average molecular weight is 507 g/mol. The maximum atomic E-state index is 13.7. The van der Waals surface area contributed by atoms with Crippen LogP contribution in [0.1, 0.15) is 71.4 Å². The largest absolute Gasteiger partial charge is 0.352 e. The van der Waals surface area contributed by atoms with Crippen LogP contribution in [-0.4, -0.2) is 42.3 Å². The van der Waals surface area contributed by atoms with Crippen LogP contribution in [0.25, 0.3) is 11.1 Å². The first kappa shape index (κ1) is 25.1. The van der Waals surface area contributed by atoms with E-state index in [1.165, 1.54) is 29.5 Å². The second kappa shape index (κ2) is 10.1. The third-order valence-corrected chi connectivity index (χ3v) is 9.52. The van der Waals surface area contributed by atoms with E-state index in [1.54, 1.807) is 0 Å². The van der Waals surface area contributed by atoms with E-state index in [0.29, 0.717) is 12.1 Å². The lowest BCUT2D eigenvalue weighted by molar-refractivity contribution is 0.0197. The van der Waals surface area contributed by atoms with Crippen molar-refractivity contribution in [2.45, 2.75) is 57.4 Å². The lowest BCUT2D eigenvalue weighted by atomic mass is 9.56. The van der Waals surface area contributed by atoms with E-state index in [4.69, 9.17) is 0 Å². The number of hydrogen-bond acceptors (Lipinski definition) is 3. The molecule has 38 heavy (non-hydrogen) atoms. The molecule has 4 heteroatoms. The van der Waals surface area contributed by atoms with Gasteiger partial charge in [-0.1, -0.05) is 74.5 Å². The minimum atomic E-state index is -0.0617. The Balaban J connectivity index is 1.15. The number of amides is 1. The number of carbonyl (C=O) groups excluding carboxylic acids is 2. The standard InChI is InChI=1S/C34H38N2O2/c1-3-34-18-20-36(22-25-9-10-25)31(23(34)2)32(37)29-16-15-28(21-30(29)34)33(38)35-19-17-24-11-13-27(14-12-24)26-7-5-4-6-8-26/h4-8,11-16,21,23,25,31H,3,9-10,17-20,22H2,1-2H3,(H,35,38)/t23-,31+,34-/m1/s1. The highest BCUT2D eigenvalue weighted by atomic mass is 16.1. The van der Waals surface area contributed by atoms with Crippen molar-refractivity contribution in [2.75, 3.05) is 19.6 Å². The SMILES string of the molecule is CC[C@]12CCN(CC3CC3)[C@H](C(=O)c3ccc(C(=O)NCCc4ccc(-c5ccccc5)cc4)cc31)[C@H]2C. The van der Waals surface area contributed by atoms with Crippen molar-refractivity contribution >= 4 is 11.7 Å². The van der Waals surface area contributed by atoms with Crippen LogP contribution in [0.5, 0.6) is 0 Å². The Kier molecular flexibility index (Phi) is 6.69. The number of nitrogens with zero attached hydrogens (tertiary/aromatic N) is 1. The molecule has 1 saturated heterocycles. The summed E-state index contributed by atoms with van der Waals surface area (Å²) in [6.07, 6.45) is 5.43. The summed E-state index contributed by atoms with van der Waals surface area (Å²) >= 11 is 0. The molecule has 2 aliphatic carbocycles. The van der Waals surface area contributed by atoms with Gasteiger partial charge in [0.2, 0.25) is 0 Å². The minimum absolute atomic E-state index is 0.0234. The third-order valence-electron chi connectivity index (χ3n) is 9.52. The summed E-state index contributed by atoms with van der Waals surface area (Å²) in [5, 5.41) is 3.11. The fourth-order valence-corrected chi connectivity index (χ4v) is 7.02. The number of fused-ring (bicyclic) bond motifs is 4. The molecule has 2 fully saturated rings. The van der Waals surface area contributed by atoms with E-state index in [-0.39, 0.29) is 29.1 Å². The molecule has 0 radical (unpaired) electrons. The Labute approximate surface area is 226 Å². The molecule has 6 rings (SSSR count). The van der Waals surface area contributed by atoms with Gasteiger partial charge in [0.15, 0.2) is 5.78 Å². The number of piperidine rings is 1. The monoisotopic (exact) mass is 506 g/mol. The van der Waals surface area contributed by atoms with Gasteiger partial charge >= 0.3 is 0 Å². The molecule has 3 atom stereocenters. The van der Waals surface area contributed by atoms with Crippen molar-refractivity contribution in [3.8, 4) is 11.1 Å². The first-order chi connectivity index (χ1) is 18.5. The minimum Gasteiger partial charge on any atom is -0.352 e. The van der Waals surface area contributed by atoms with Crippen LogP contribution in [0.2, 0.25) is 0 Å². The Hall–Kier alpha value is -3.24. The molecule has 196 valence electrons. The molecule has 3 aromatic carbocycles. The van der Waals surface area contributed by atoms with E-state index >= 15 is 0 Å². The molecule has 0 aromatic heterocycles. The summed E-state index contributed by atoms with van der Waals surface area (Å²) in [5.74, 6) is 1.23. The smallest absolute Gasteiger partial charge is 0.251 e. The molecule has 4 nitrogen and oxygen atoms in total. The molecule has 1 amide bonds. The number of Topliss-reactive ketones (excluding diaryl/α,β-unsaturated/α-hetero) is 1. The van der Waals surface area contributed by atoms with Crippen LogP contribution in [0.4, 0.5) is 0 Å². The third kappa shape index (κ3) is 4.49. The second-order valence-electron chi connectivity index (χ2n) is 11.6. The molecule has 1 heterocycles. The molecule has 3 aromatic rings. The van der Waals surface area contributed by atoms with Crippen LogP contribution >= 0.6 is 0 Å². The Morgan fingerprint density at radius 1 is 1.00 bits per heavy atom. The number of nitrogens with one attached hydrogen (secondary N) is 1. The van der Waals surface area contributed by atoms with E-state index < -0.39 is 0 Å². The van der Waals surface area contributed by atoms with Crippen molar-refractivity contribution < 1.29 is 9.59 Å². The number of likely N-dealkylation sites (tertiary alicyclic amines) is 1. The summed E-state index contributed by atoms with van der Waals surface area (Å²) in [7, 11) is 0. The summed E-state index contributed by atoms with van der Waals surface area (Å²) in [6.45, 7) is 7.13. The van der Waals surface area contributed by atoms with E-state index in [1.807, 2.05) is 24.3 Å². The number of benzene rings is 3. The summed E-state index contributed by atoms with van der Waals surface area (Å²) in [4.78, 5) is 29.3. The van der Waals surface area contributed by atoms with Gasteiger partial charge in [-0.25, -0.2) is 0 Å². The molecule has 1 saturated carbocycles. The second-order valence-corrected chi connectivity index (χ2v) is 11.6. The summed E-state index contributed by atoms with van der Waals surface area (Å²) in [5.41, 5.74) is 6.16. The topological polar surface area (TPSA) is 49.4 Å². The van der Waals surface area contributed by atoms with Crippen LogP contribution in [0, 0.1) is 11.8 Å². The van der Waals surface area contributed by atoms with E-state index in [0.717, 1.165) is 49.4 Å². The van der Waals surface area contributed by atoms with Crippen LogP contribution in [0.15, 0.2) is 72.8 Å². The number of hydrogen-bond donors (Lipinski definition) is 1. The number of rotatable bonds is 8. The van der Waals surface area contributed by atoms with Gasteiger partial charge in [0.1, 0.15) is 0 Å². The first-order valence-corrected chi connectivity index (χ1v) is 14.4. The maximum absolute atomic E-state index is 13.7. The average Bonchev–Trinajstić information content (AvgIpc) is 3.77. The molecule has 0 unspecified atom stereocenters. The van der Waals surface area contributed by atoms with Crippen molar-refractivity contribution in [1.29, 1.82) is 0 Å². The molecule has 3 aliphatic rings. The Morgan fingerprint density at radius 3 is 2.45 bits per heavy atom. The lowest BCUT2D eigenvalue weighted by Crippen LogP contribution is -2.61. The highest BCUT2D eigenvalue weighted by Gasteiger charge is 2.54. The van der Waals surface area contributed by atoms with Gasteiger partial charge in [0, 0.05) is 29.6 Å². The molecular weight excluding hydrogens is 468 g/mol. The predicted octanol–water partition coefficient (Wildman–Crippen LogP) is 6.29. The van der Waals surface area contributed by atoms with Gasteiger partial charge in [0.25, 0.3) is 5.91 Å². The molecular formula is C34H38N2O2. The number of ketones is 1.